The van der Waals surface area contributed by atoms with Crippen molar-refractivity contribution in [1.29, 1.82) is 0 Å². The molecule has 0 aromatic heterocycles. The fourth-order valence-corrected chi connectivity index (χ4v) is 1.58. The molecule has 0 radical (unpaired) electrons. The quantitative estimate of drug-likeness (QED) is 0.857. The summed E-state index contributed by atoms with van der Waals surface area (Å²) in [6.07, 6.45) is 0. The minimum Gasteiger partial charge on any atom is -0.507 e. The Morgan fingerprint density at radius 2 is 2.13 bits per heavy atom. The second-order valence-corrected chi connectivity index (χ2v) is 4.08. The van der Waals surface area contributed by atoms with Crippen LogP contribution in [-0.4, -0.2) is 34.3 Å². The molecule has 1 aromatic rings. The van der Waals surface area contributed by atoms with Gasteiger partial charge in [0.15, 0.2) is 0 Å². The summed E-state index contributed by atoms with van der Waals surface area (Å²) in [5.74, 6) is -0.142. The van der Waals surface area contributed by atoms with Gasteiger partial charge >= 0.3 is 0 Å². The van der Waals surface area contributed by atoms with E-state index in [0.29, 0.717) is 10.9 Å². The van der Waals surface area contributed by atoms with Gasteiger partial charge in [-0.1, -0.05) is 28.1 Å². The molecule has 0 aliphatic rings. The van der Waals surface area contributed by atoms with E-state index < -0.39 is 0 Å². The molecular weight excluding hydrogens is 258 g/mol. The first-order valence-corrected chi connectivity index (χ1v) is 5.81. The summed E-state index contributed by atoms with van der Waals surface area (Å²) in [4.78, 5) is 13.5. The number of benzene rings is 1. The van der Waals surface area contributed by atoms with Crippen LogP contribution in [0.4, 0.5) is 0 Å². The molecular formula is C11H14BrNO2. The van der Waals surface area contributed by atoms with Crippen LogP contribution in [0.3, 0.4) is 0 Å². The predicted octanol–water partition coefficient (Wildman–Crippen LogP) is 2.25. The van der Waals surface area contributed by atoms with Crippen LogP contribution in [0.25, 0.3) is 0 Å². The molecule has 1 rings (SSSR count). The lowest BCUT2D eigenvalue weighted by Gasteiger charge is -2.23. The third-order valence-corrected chi connectivity index (χ3v) is 3.28. The highest BCUT2D eigenvalue weighted by Crippen LogP contribution is 2.18. The maximum absolute atomic E-state index is 11.9. The molecule has 15 heavy (non-hydrogen) atoms. The van der Waals surface area contributed by atoms with Crippen molar-refractivity contribution < 1.29 is 9.90 Å². The number of amides is 1. The van der Waals surface area contributed by atoms with Crippen LogP contribution in [0, 0.1) is 0 Å². The fraction of sp³-hybridized carbons (Fsp3) is 0.364. The van der Waals surface area contributed by atoms with Crippen molar-refractivity contribution in [1.82, 2.24) is 4.90 Å². The molecule has 1 aromatic carbocycles. The van der Waals surface area contributed by atoms with Crippen LogP contribution in [0.2, 0.25) is 0 Å². The van der Waals surface area contributed by atoms with E-state index in [1.807, 2.05) is 6.92 Å². The van der Waals surface area contributed by atoms with Crippen molar-refractivity contribution in [2.75, 3.05) is 12.4 Å². The average molecular weight is 272 g/mol. The highest BCUT2D eigenvalue weighted by molar-refractivity contribution is 9.09. The minimum atomic E-state index is -0.167. The molecule has 0 spiro atoms. The zero-order valence-corrected chi connectivity index (χ0v) is 10.4. The standard InChI is InChI=1S/C11H14BrNO2/c1-8(7-12)13(2)11(15)9-5-3-4-6-10(9)14/h3-6,8,14H,7H2,1-2H3. The van der Waals surface area contributed by atoms with Crippen LogP contribution in [0.1, 0.15) is 17.3 Å². The Morgan fingerprint density at radius 3 is 2.67 bits per heavy atom. The van der Waals surface area contributed by atoms with Gasteiger partial charge in [-0.2, -0.15) is 0 Å². The number of nitrogens with zero attached hydrogens (tertiary/aromatic N) is 1. The summed E-state index contributed by atoms with van der Waals surface area (Å²) in [7, 11) is 1.72. The number of hydrogen-bond acceptors (Lipinski definition) is 2. The van der Waals surface area contributed by atoms with Crippen LogP contribution in [0.15, 0.2) is 24.3 Å². The van der Waals surface area contributed by atoms with Gasteiger partial charge in [-0.25, -0.2) is 0 Å². The normalized spacial score (nSPS) is 12.2. The smallest absolute Gasteiger partial charge is 0.257 e. The minimum absolute atomic E-state index is 0.0242. The van der Waals surface area contributed by atoms with Gasteiger partial charge in [-0.05, 0) is 19.1 Å². The Bertz CT molecular complexity index is 354. The van der Waals surface area contributed by atoms with E-state index in [9.17, 15) is 9.90 Å². The molecule has 0 saturated carbocycles. The Balaban J connectivity index is 2.90. The number of alkyl halides is 1. The highest BCUT2D eigenvalue weighted by Gasteiger charge is 2.18. The number of hydrogen-bond donors (Lipinski definition) is 1. The number of carbonyl (C=O) groups is 1. The summed E-state index contributed by atoms with van der Waals surface area (Å²) in [5, 5.41) is 10.2. The second kappa shape index (κ2) is 5.16. The van der Waals surface area contributed by atoms with Crippen molar-refractivity contribution in [3.63, 3.8) is 0 Å². The summed E-state index contributed by atoms with van der Waals surface area (Å²) >= 11 is 3.32. The molecule has 4 heteroatoms. The van der Waals surface area contributed by atoms with Crippen molar-refractivity contribution in [2.24, 2.45) is 0 Å². The molecule has 0 aliphatic carbocycles. The van der Waals surface area contributed by atoms with Crippen LogP contribution >= 0.6 is 15.9 Å². The molecule has 1 atom stereocenters. The van der Waals surface area contributed by atoms with Gasteiger partial charge in [0.25, 0.3) is 5.91 Å². The van der Waals surface area contributed by atoms with E-state index in [4.69, 9.17) is 0 Å². The Hall–Kier alpha value is -1.03. The maximum atomic E-state index is 11.9. The molecule has 0 aliphatic heterocycles. The van der Waals surface area contributed by atoms with Gasteiger partial charge < -0.3 is 10.0 Å². The number of aromatic hydroxyl groups is 1. The number of phenols is 1. The lowest BCUT2D eigenvalue weighted by Crippen LogP contribution is -2.36. The Labute approximate surface area is 97.8 Å². The average Bonchev–Trinajstić information content (AvgIpc) is 2.26. The summed E-state index contributed by atoms with van der Waals surface area (Å²) in [6, 6.07) is 6.66. The van der Waals surface area contributed by atoms with Gasteiger partial charge in [0.05, 0.1) is 5.56 Å². The third kappa shape index (κ3) is 2.72. The van der Waals surface area contributed by atoms with Gasteiger partial charge in [-0.15, -0.1) is 0 Å². The third-order valence-electron chi connectivity index (χ3n) is 2.34. The first-order valence-electron chi connectivity index (χ1n) is 4.69. The zero-order valence-electron chi connectivity index (χ0n) is 8.77. The van der Waals surface area contributed by atoms with Gasteiger partial charge in [0.1, 0.15) is 5.75 Å². The number of rotatable bonds is 3. The van der Waals surface area contributed by atoms with E-state index in [-0.39, 0.29) is 17.7 Å². The van der Waals surface area contributed by atoms with Gasteiger partial charge in [-0.3, -0.25) is 4.79 Å². The number of phenolic OH excluding ortho intramolecular Hbond substituents is 1. The Kier molecular flexibility index (Phi) is 4.15. The highest BCUT2D eigenvalue weighted by atomic mass is 79.9. The summed E-state index contributed by atoms with van der Waals surface area (Å²) in [6.45, 7) is 1.94. The Morgan fingerprint density at radius 1 is 1.53 bits per heavy atom. The number of carbonyl (C=O) groups excluding carboxylic acids is 1. The van der Waals surface area contributed by atoms with E-state index in [2.05, 4.69) is 15.9 Å². The number of halogens is 1. The molecule has 1 N–H and O–H groups in total. The number of para-hydroxylation sites is 1. The van der Waals surface area contributed by atoms with Crippen molar-refractivity contribution in [3.8, 4) is 5.75 Å². The van der Waals surface area contributed by atoms with E-state index >= 15 is 0 Å². The second-order valence-electron chi connectivity index (χ2n) is 3.44. The molecule has 1 unspecified atom stereocenters. The lowest BCUT2D eigenvalue weighted by atomic mass is 10.1. The van der Waals surface area contributed by atoms with Crippen molar-refractivity contribution in [2.45, 2.75) is 13.0 Å². The SMILES string of the molecule is CC(CBr)N(C)C(=O)c1ccccc1O. The molecule has 0 heterocycles. The van der Waals surface area contributed by atoms with E-state index in [0.717, 1.165) is 0 Å². The van der Waals surface area contributed by atoms with Crippen LogP contribution < -0.4 is 0 Å². The topological polar surface area (TPSA) is 40.5 Å². The first kappa shape index (κ1) is 12.0. The first-order chi connectivity index (χ1) is 7.07. The molecule has 1 amide bonds. The lowest BCUT2D eigenvalue weighted by molar-refractivity contribution is 0.0755. The zero-order chi connectivity index (χ0) is 11.4. The fourth-order valence-electron chi connectivity index (χ4n) is 1.15. The van der Waals surface area contributed by atoms with Gasteiger partial charge in [0.2, 0.25) is 0 Å². The monoisotopic (exact) mass is 271 g/mol. The van der Waals surface area contributed by atoms with E-state index in [1.165, 1.54) is 6.07 Å². The summed E-state index contributed by atoms with van der Waals surface area (Å²) in [5.41, 5.74) is 0.341. The molecule has 3 nitrogen and oxygen atoms in total. The molecule has 82 valence electrons. The molecule has 0 saturated heterocycles. The van der Waals surface area contributed by atoms with Crippen LogP contribution in [-0.2, 0) is 0 Å². The van der Waals surface area contributed by atoms with Gasteiger partial charge in [0, 0.05) is 18.4 Å². The van der Waals surface area contributed by atoms with E-state index in [1.54, 1.807) is 30.1 Å². The predicted molar refractivity (Wildman–Crippen MR) is 63.5 cm³/mol. The van der Waals surface area contributed by atoms with Crippen molar-refractivity contribution in [3.05, 3.63) is 29.8 Å². The maximum Gasteiger partial charge on any atom is 0.257 e. The summed E-state index contributed by atoms with van der Waals surface area (Å²) < 4.78 is 0. The molecule has 0 fully saturated rings. The molecule has 0 bridgehead atoms. The van der Waals surface area contributed by atoms with Crippen molar-refractivity contribution >= 4 is 21.8 Å². The largest absolute Gasteiger partial charge is 0.507 e. The van der Waals surface area contributed by atoms with Crippen LogP contribution in [0.5, 0.6) is 5.75 Å².